The molecular weight excluding hydrogens is 368 g/mol. The van der Waals surface area contributed by atoms with Crippen molar-refractivity contribution in [3.63, 3.8) is 0 Å². The van der Waals surface area contributed by atoms with Gasteiger partial charge in [0.25, 0.3) is 0 Å². The Morgan fingerprint density at radius 3 is 2.62 bits per heavy atom. The van der Waals surface area contributed by atoms with Gasteiger partial charge in [-0.05, 0) is 29.8 Å². The molecule has 1 aliphatic rings. The van der Waals surface area contributed by atoms with E-state index < -0.39 is 0 Å². The number of carbonyl (C=O) groups excluding carboxylic acids is 1. The number of nitrogens with zero attached hydrogens (tertiary/aromatic N) is 4. The number of anilines is 2. The minimum atomic E-state index is -0.130. The molecule has 8 heteroatoms. The van der Waals surface area contributed by atoms with E-state index in [0.717, 1.165) is 43.5 Å². The van der Waals surface area contributed by atoms with Crippen molar-refractivity contribution in [3.05, 3.63) is 48.2 Å². The van der Waals surface area contributed by atoms with E-state index in [1.165, 1.54) is 6.92 Å². The summed E-state index contributed by atoms with van der Waals surface area (Å²) in [4.78, 5) is 24.8. The zero-order valence-electron chi connectivity index (χ0n) is 17.2. The minimum Gasteiger partial charge on any atom is -0.495 e. The van der Waals surface area contributed by atoms with Crippen LogP contribution >= 0.6 is 0 Å². The monoisotopic (exact) mass is 396 g/mol. The van der Waals surface area contributed by atoms with Crippen LogP contribution in [0.25, 0.3) is 0 Å². The number of nitrogens with one attached hydrogen (secondary N) is 2. The second-order valence-electron chi connectivity index (χ2n) is 6.78. The van der Waals surface area contributed by atoms with Crippen LogP contribution in [0.4, 0.5) is 11.5 Å². The first kappa shape index (κ1) is 20.4. The summed E-state index contributed by atoms with van der Waals surface area (Å²) >= 11 is 0. The summed E-state index contributed by atoms with van der Waals surface area (Å²) in [7, 11) is 3.38. The number of methoxy groups -OCH3 is 1. The summed E-state index contributed by atoms with van der Waals surface area (Å²) < 4.78 is 5.31. The summed E-state index contributed by atoms with van der Waals surface area (Å²) in [5.74, 6) is 2.38. The van der Waals surface area contributed by atoms with Crippen molar-refractivity contribution in [2.24, 2.45) is 4.99 Å². The largest absolute Gasteiger partial charge is 0.495 e. The molecule has 0 bridgehead atoms. The van der Waals surface area contributed by atoms with Gasteiger partial charge in [-0.1, -0.05) is 12.1 Å². The first-order valence-corrected chi connectivity index (χ1v) is 9.67. The highest BCUT2D eigenvalue weighted by Gasteiger charge is 2.20. The SMILES string of the molecule is CN=C(NCc1ccc(OC)c(NC(C)=O)c1)N1CCN(c2ccccn2)CC1. The zero-order valence-corrected chi connectivity index (χ0v) is 17.2. The van der Waals surface area contributed by atoms with E-state index in [4.69, 9.17) is 4.74 Å². The summed E-state index contributed by atoms with van der Waals surface area (Å²) in [5.41, 5.74) is 1.70. The van der Waals surface area contributed by atoms with Crippen molar-refractivity contribution in [2.45, 2.75) is 13.5 Å². The van der Waals surface area contributed by atoms with Gasteiger partial charge in [0.2, 0.25) is 5.91 Å². The Balaban J connectivity index is 1.58. The first-order chi connectivity index (χ1) is 14.1. The highest BCUT2D eigenvalue weighted by atomic mass is 16.5. The topological polar surface area (TPSA) is 82.1 Å². The van der Waals surface area contributed by atoms with E-state index in [2.05, 4.69) is 30.4 Å². The van der Waals surface area contributed by atoms with E-state index in [1.807, 2.05) is 42.6 Å². The molecule has 0 saturated carbocycles. The molecule has 0 radical (unpaired) electrons. The van der Waals surface area contributed by atoms with Gasteiger partial charge >= 0.3 is 0 Å². The van der Waals surface area contributed by atoms with Gasteiger partial charge in [0, 0.05) is 52.9 Å². The van der Waals surface area contributed by atoms with Crippen molar-refractivity contribution in [2.75, 3.05) is 50.6 Å². The molecule has 0 spiro atoms. The van der Waals surface area contributed by atoms with E-state index >= 15 is 0 Å². The number of hydrogen-bond acceptors (Lipinski definition) is 5. The van der Waals surface area contributed by atoms with Crippen LogP contribution in [-0.2, 0) is 11.3 Å². The smallest absolute Gasteiger partial charge is 0.221 e. The molecule has 2 heterocycles. The number of hydrogen-bond donors (Lipinski definition) is 2. The van der Waals surface area contributed by atoms with E-state index in [0.29, 0.717) is 18.0 Å². The quantitative estimate of drug-likeness (QED) is 0.594. The molecule has 1 fully saturated rings. The van der Waals surface area contributed by atoms with Crippen molar-refractivity contribution < 1.29 is 9.53 Å². The maximum absolute atomic E-state index is 11.4. The lowest BCUT2D eigenvalue weighted by Gasteiger charge is -2.37. The van der Waals surface area contributed by atoms with Crippen LogP contribution in [-0.4, -0.2) is 62.1 Å². The van der Waals surface area contributed by atoms with E-state index in [9.17, 15) is 4.79 Å². The molecule has 1 amide bonds. The molecule has 154 valence electrons. The van der Waals surface area contributed by atoms with E-state index in [1.54, 1.807) is 14.2 Å². The third-order valence-corrected chi connectivity index (χ3v) is 4.79. The van der Waals surface area contributed by atoms with Gasteiger partial charge in [-0.15, -0.1) is 0 Å². The molecule has 0 atom stereocenters. The normalized spacial score (nSPS) is 14.5. The Morgan fingerprint density at radius 1 is 1.21 bits per heavy atom. The number of pyridine rings is 1. The van der Waals surface area contributed by atoms with Crippen LogP contribution in [0.15, 0.2) is 47.6 Å². The van der Waals surface area contributed by atoms with Crippen LogP contribution in [0, 0.1) is 0 Å². The molecule has 1 aromatic heterocycles. The molecule has 2 aromatic rings. The summed E-state index contributed by atoms with van der Waals surface area (Å²) in [6.45, 7) is 5.62. The first-order valence-electron chi connectivity index (χ1n) is 9.67. The molecule has 1 aromatic carbocycles. The molecular formula is C21H28N6O2. The zero-order chi connectivity index (χ0) is 20.6. The van der Waals surface area contributed by atoms with Gasteiger partial charge < -0.3 is 25.2 Å². The average Bonchev–Trinajstić information content (AvgIpc) is 2.75. The lowest BCUT2D eigenvalue weighted by molar-refractivity contribution is -0.114. The fraction of sp³-hybridized carbons (Fsp3) is 0.381. The maximum Gasteiger partial charge on any atom is 0.221 e. The maximum atomic E-state index is 11.4. The minimum absolute atomic E-state index is 0.130. The molecule has 1 saturated heterocycles. The Bertz CT molecular complexity index is 848. The van der Waals surface area contributed by atoms with Crippen LogP contribution in [0.5, 0.6) is 5.75 Å². The standard InChI is InChI=1S/C21H28N6O2/c1-16(28)25-18-14-17(7-8-19(18)29-3)15-24-21(22-2)27-12-10-26(11-13-27)20-6-4-5-9-23-20/h4-9,14H,10-13,15H2,1-3H3,(H,22,24)(H,25,28). The van der Waals surface area contributed by atoms with Gasteiger partial charge in [0.15, 0.2) is 5.96 Å². The Morgan fingerprint density at radius 2 is 2.00 bits per heavy atom. The summed E-state index contributed by atoms with van der Waals surface area (Å²) in [5, 5.41) is 6.22. The van der Waals surface area contributed by atoms with Crippen molar-refractivity contribution in [1.82, 2.24) is 15.2 Å². The number of rotatable bonds is 5. The highest BCUT2D eigenvalue weighted by Crippen LogP contribution is 2.25. The number of amides is 1. The van der Waals surface area contributed by atoms with Crippen molar-refractivity contribution in [1.29, 1.82) is 0 Å². The van der Waals surface area contributed by atoms with Gasteiger partial charge in [0.05, 0.1) is 12.8 Å². The molecule has 0 aliphatic carbocycles. The predicted octanol–water partition coefficient (Wildman–Crippen LogP) is 1.95. The molecule has 0 unspecified atom stereocenters. The predicted molar refractivity (Wildman–Crippen MR) is 116 cm³/mol. The number of piperazine rings is 1. The van der Waals surface area contributed by atoms with Crippen molar-refractivity contribution >= 4 is 23.4 Å². The number of guanidine groups is 1. The third-order valence-electron chi connectivity index (χ3n) is 4.79. The van der Waals surface area contributed by atoms with Gasteiger partial charge in [-0.3, -0.25) is 9.79 Å². The Hall–Kier alpha value is -3.29. The van der Waals surface area contributed by atoms with Gasteiger partial charge in [0.1, 0.15) is 11.6 Å². The molecule has 2 N–H and O–H groups in total. The summed E-state index contributed by atoms with van der Waals surface area (Å²) in [6.07, 6.45) is 1.83. The molecule has 3 rings (SSSR count). The number of benzene rings is 1. The van der Waals surface area contributed by atoms with Crippen LogP contribution in [0.3, 0.4) is 0 Å². The number of aromatic nitrogens is 1. The van der Waals surface area contributed by atoms with Crippen molar-refractivity contribution in [3.8, 4) is 5.75 Å². The molecule has 8 nitrogen and oxygen atoms in total. The van der Waals surface area contributed by atoms with Crippen LogP contribution in [0.2, 0.25) is 0 Å². The van der Waals surface area contributed by atoms with E-state index in [-0.39, 0.29) is 5.91 Å². The molecule has 29 heavy (non-hydrogen) atoms. The average molecular weight is 396 g/mol. The lowest BCUT2D eigenvalue weighted by Crippen LogP contribution is -2.52. The molecule has 1 aliphatic heterocycles. The van der Waals surface area contributed by atoms with Gasteiger partial charge in [-0.2, -0.15) is 0 Å². The fourth-order valence-corrected chi connectivity index (χ4v) is 3.35. The number of carbonyl (C=O) groups is 1. The third kappa shape index (κ3) is 5.37. The van der Waals surface area contributed by atoms with Crippen LogP contribution in [0.1, 0.15) is 12.5 Å². The second kappa shape index (κ2) is 9.77. The summed E-state index contributed by atoms with van der Waals surface area (Å²) in [6, 6.07) is 11.7. The highest BCUT2D eigenvalue weighted by molar-refractivity contribution is 5.90. The number of aliphatic imine (C=N–C) groups is 1. The Kier molecular flexibility index (Phi) is 6.89. The van der Waals surface area contributed by atoms with Crippen LogP contribution < -0.4 is 20.3 Å². The second-order valence-corrected chi connectivity index (χ2v) is 6.78. The number of ether oxygens (including phenoxy) is 1. The fourth-order valence-electron chi connectivity index (χ4n) is 3.35. The lowest BCUT2D eigenvalue weighted by atomic mass is 10.2. The van der Waals surface area contributed by atoms with Gasteiger partial charge in [-0.25, -0.2) is 4.98 Å². The Labute approximate surface area is 171 Å².